The Morgan fingerprint density at radius 2 is 1.82 bits per heavy atom. The number of fused-ring (bicyclic) bond motifs is 3. The van der Waals surface area contributed by atoms with Crippen LogP contribution in [0.25, 0.3) is 0 Å². The third kappa shape index (κ3) is 4.97. The zero-order chi connectivity index (χ0) is 30.8. The maximum atomic E-state index is 14.0. The summed E-state index contributed by atoms with van der Waals surface area (Å²) in [6.07, 6.45) is 8.18. The van der Waals surface area contributed by atoms with Crippen LogP contribution in [0.4, 0.5) is 17.1 Å². The molecule has 2 N–H and O–H groups in total. The van der Waals surface area contributed by atoms with Crippen molar-refractivity contribution in [1.29, 1.82) is 0 Å². The summed E-state index contributed by atoms with van der Waals surface area (Å²) in [5, 5.41) is 29.4. The van der Waals surface area contributed by atoms with Gasteiger partial charge >= 0.3 is 0 Å². The van der Waals surface area contributed by atoms with Gasteiger partial charge in [-0.3, -0.25) is 19.2 Å². The third-order valence-electron chi connectivity index (χ3n) is 8.03. The molecule has 44 heavy (non-hydrogen) atoms. The number of nitrogens with zero attached hydrogens (tertiary/aromatic N) is 5. The van der Waals surface area contributed by atoms with Crippen LogP contribution in [-0.4, -0.2) is 50.2 Å². The number of aliphatic hydroxyl groups excluding tert-OH is 1. The summed E-state index contributed by atoms with van der Waals surface area (Å²) in [6, 6.07) is 19.6. The number of amides is 2. The number of hydrogen-bond acceptors (Lipinski definition) is 7. The minimum Gasteiger partial charge on any atom is -0.454 e. The summed E-state index contributed by atoms with van der Waals surface area (Å²) < 4.78 is 7.84. The Labute approximate surface area is 255 Å². The molecule has 0 unspecified atom stereocenters. The predicted octanol–water partition coefficient (Wildman–Crippen LogP) is 4.90. The highest BCUT2D eigenvalue weighted by atomic mass is 16.5. The van der Waals surface area contributed by atoms with Crippen LogP contribution < -0.4 is 14.5 Å². The maximum Gasteiger partial charge on any atom is 0.266 e. The van der Waals surface area contributed by atoms with Gasteiger partial charge in [0.2, 0.25) is 0 Å². The number of para-hydroxylation sites is 3. The van der Waals surface area contributed by atoms with E-state index in [0.717, 1.165) is 0 Å². The molecule has 0 spiro atoms. The highest BCUT2D eigenvalue weighted by Crippen LogP contribution is 2.49. The molecular formula is C34H33N5O5. The number of hydrogen-bond donors (Lipinski definition) is 2. The lowest BCUT2D eigenvalue weighted by Gasteiger charge is -2.28. The molecule has 0 saturated carbocycles. The Morgan fingerprint density at radius 3 is 2.61 bits per heavy atom. The van der Waals surface area contributed by atoms with E-state index in [4.69, 9.17) is 9.84 Å². The van der Waals surface area contributed by atoms with Gasteiger partial charge in [-0.2, -0.15) is 0 Å². The Bertz CT molecular complexity index is 1760. The molecule has 0 radical (unpaired) electrons. The van der Waals surface area contributed by atoms with Crippen LogP contribution in [0.2, 0.25) is 0 Å². The van der Waals surface area contributed by atoms with E-state index in [2.05, 4.69) is 16.9 Å². The Morgan fingerprint density at radius 1 is 1.05 bits per heavy atom. The number of rotatable bonds is 10. The Kier molecular flexibility index (Phi) is 7.86. The smallest absolute Gasteiger partial charge is 0.266 e. The van der Waals surface area contributed by atoms with Crippen LogP contribution >= 0.6 is 0 Å². The van der Waals surface area contributed by atoms with E-state index in [1.807, 2.05) is 30.4 Å². The molecule has 1 aromatic heterocycles. The fourth-order valence-corrected chi connectivity index (χ4v) is 5.77. The number of aromatic nitrogens is 3. The van der Waals surface area contributed by atoms with Gasteiger partial charge in [-0.25, -0.2) is 0 Å². The third-order valence-corrected chi connectivity index (χ3v) is 8.03. The van der Waals surface area contributed by atoms with E-state index in [0.29, 0.717) is 64.8 Å². The fourth-order valence-electron chi connectivity index (χ4n) is 5.77. The average molecular weight is 592 g/mol. The second kappa shape index (κ2) is 11.9. The van der Waals surface area contributed by atoms with Crippen molar-refractivity contribution < 1.29 is 24.5 Å². The maximum absolute atomic E-state index is 14.0. The molecule has 2 atom stereocenters. The molecule has 10 nitrogen and oxygen atoms in total. The highest BCUT2D eigenvalue weighted by molar-refractivity contribution is 6.15. The van der Waals surface area contributed by atoms with E-state index in [1.165, 1.54) is 4.90 Å². The summed E-state index contributed by atoms with van der Waals surface area (Å²) in [5.41, 5.74) is 1.25. The minimum absolute atomic E-state index is 0.00822. The lowest BCUT2D eigenvalue weighted by Crippen LogP contribution is -2.44. The van der Waals surface area contributed by atoms with Gasteiger partial charge in [0.15, 0.2) is 11.4 Å². The van der Waals surface area contributed by atoms with Gasteiger partial charge in [0, 0.05) is 49.5 Å². The normalized spacial score (nSPS) is 18.1. The van der Waals surface area contributed by atoms with Crippen molar-refractivity contribution in [2.75, 3.05) is 23.0 Å². The van der Waals surface area contributed by atoms with Crippen molar-refractivity contribution in [2.24, 2.45) is 5.92 Å². The monoisotopic (exact) mass is 591 g/mol. The molecule has 6 rings (SSSR count). The number of allylic oxidation sites excluding steroid dienone is 1. The number of aliphatic hydroxyl groups is 2. The summed E-state index contributed by atoms with van der Waals surface area (Å²) in [6.45, 7) is 6.38. The molecule has 2 aliphatic rings. The standard InChI is InChI=1S/C34H33N5O5/c1-3-18-38-28-16-15-25(39-29-12-5-7-14-31(29)44-30-13-6-4-11-26(30)32(39)41)21-27(28)34(43,33(38)42)23(2)10-8-9-19-37-22-24(17-20-40)35-36-37/h3-8,10-16,21-23,40,43H,1,9,17-20H2,2H3/b10-8+/t23-,34+/m1/s1. The molecule has 0 aliphatic carbocycles. The SMILES string of the molecule is C=CCN1C(=O)[C@](O)([C@H](C)/C=C/CCn2cc(CCO)nn2)c2cc(N3C(=O)c4ccccc4Oc4ccccc43)ccc21. The van der Waals surface area contributed by atoms with Crippen molar-refractivity contribution in [3.05, 3.63) is 115 Å². The molecule has 3 heterocycles. The first-order valence-electron chi connectivity index (χ1n) is 14.5. The predicted molar refractivity (Wildman–Crippen MR) is 166 cm³/mol. The zero-order valence-corrected chi connectivity index (χ0v) is 24.3. The van der Waals surface area contributed by atoms with Gasteiger partial charge < -0.3 is 19.8 Å². The van der Waals surface area contributed by atoms with Crippen molar-refractivity contribution in [2.45, 2.75) is 31.9 Å². The van der Waals surface area contributed by atoms with Crippen molar-refractivity contribution in [1.82, 2.24) is 15.0 Å². The fraction of sp³-hybridized carbons (Fsp3) is 0.235. The Balaban J connectivity index is 1.35. The largest absolute Gasteiger partial charge is 0.454 e. The second-order valence-electron chi connectivity index (χ2n) is 10.8. The van der Waals surface area contributed by atoms with Gasteiger partial charge in [0.05, 0.1) is 22.6 Å². The first kappa shape index (κ1) is 29.0. The first-order chi connectivity index (χ1) is 21.4. The van der Waals surface area contributed by atoms with Gasteiger partial charge in [0.1, 0.15) is 5.75 Å². The molecule has 2 aliphatic heterocycles. The highest BCUT2D eigenvalue weighted by Gasteiger charge is 2.52. The summed E-state index contributed by atoms with van der Waals surface area (Å²) in [7, 11) is 0. The van der Waals surface area contributed by atoms with Crippen molar-refractivity contribution >= 4 is 28.9 Å². The van der Waals surface area contributed by atoms with Crippen molar-refractivity contribution in [3.63, 3.8) is 0 Å². The number of aryl methyl sites for hydroxylation is 1. The zero-order valence-electron chi connectivity index (χ0n) is 24.3. The molecule has 10 heteroatoms. The van der Waals surface area contributed by atoms with Crippen LogP contribution in [-0.2, 0) is 23.4 Å². The lowest BCUT2D eigenvalue weighted by atomic mass is 9.82. The van der Waals surface area contributed by atoms with Gasteiger partial charge in [-0.15, -0.1) is 11.7 Å². The van der Waals surface area contributed by atoms with Gasteiger partial charge in [-0.1, -0.05) is 54.6 Å². The molecule has 3 aromatic carbocycles. The van der Waals surface area contributed by atoms with Crippen molar-refractivity contribution in [3.8, 4) is 11.5 Å². The number of anilines is 3. The van der Waals surface area contributed by atoms with Crippen LogP contribution in [0.15, 0.2) is 97.7 Å². The van der Waals surface area contributed by atoms with E-state index in [9.17, 15) is 14.7 Å². The van der Waals surface area contributed by atoms with Gasteiger partial charge in [0.25, 0.3) is 11.8 Å². The number of carbonyl (C=O) groups excluding carboxylic acids is 2. The number of benzene rings is 3. The molecule has 4 aromatic rings. The van der Waals surface area contributed by atoms with E-state index in [-0.39, 0.29) is 19.1 Å². The molecule has 224 valence electrons. The summed E-state index contributed by atoms with van der Waals surface area (Å²) in [4.78, 5) is 30.9. The molecule has 2 amide bonds. The first-order valence-corrected chi connectivity index (χ1v) is 14.5. The quantitative estimate of drug-likeness (QED) is 0.252. The number of carbonyl (C=O) groups is 2. The molecule has 0 fully saturated rings. The van der Waals surface area contributed by atoms with Crippen LogP contribution in [0.1, 0.15) is 35.0 Å². The Hall–Kier alpha value is -5.06. The second-order valence-corrected chi connectivity index (χ2v) is 10.8. The van der Waals surface area contributed by atoms with Crippen LogP contribution in [0, 0.1) is 5.92 Å². The minimum atomic E-state index is -1.88. The van der Waals surface area contributed by atoms with E-state index in [1.54, 1.807) is 77.3 Å². The van der Waals surface area contributed by atoms with E-state index >= 15 is 0 Å². The number of ether oxygens (including phenoxy) is 1. The average Bonchev–Trinajstić information content (AvgIpc) is 3.53. The lowest BCUT2D eigenvalue weighted by molar-refractivity contribution is -0.139. The summed E-state index contributed by atoms with van der Waals surface area (Å²) >= 11 is 0. The topological polar surface area (TPSA) is 121 Å². The summed E-state index contributed by atoms with van der Waals surface area (Å²) in [5.74, 6) is -0.382. The van der Waals surface area contributed by atoms with Crippen LogP contribution in [0.5, 0.6) is 11.5 Å². The van der Waals surface area contributed by atoms with Crippen LogP contribution in [0.3, 0.4) is 0 Å². The molecule has 0 saturated heterocycles. The van der Waals surface area contributed by atoms with E-state index < -0.39 is 17.4 Å². The molecular weight excluding hydrogens is 558 g/mol. The van der Waals surface area contributed by atoms with Gasteiger partial charge in [-0.05, 0) is 48.9 Å². The molecule has 0 bridgehead atoms.